The molecule has 2 aromatic carbocycles. The van der Waals surface area contributed by atoms with Gasteiger partial charge in [0.2, 0.25) is 5.95 Å². The number of hydrogen-bond donors (Lipinski definition) is 3. The van der Waals surface area contributed by atoms with Crippen LogP contribution in [0.4, 0.5) is 17.5 Å². The molecule has 0 unspecified atom stereocenters. The van der Waals surface area contributed by atoms with Gasteiger partial charge in [-0.05, 0) is 65.2 Å². The predicted octanol–water partition coefficient (Wildman–Crippen LogP) is 5.79. The van der Waals surface area contributed by atoms with Crippen LogP contribution in [0, 0.1) is 6.92 Å². The number of aromatic amines is 1. The van der Waals surface area contributed by atoms with Gasteiger partial charge in [0, 0.05) is 54.7 Å². The number of aryl methyl sites for hydroxylation is 1. The van der Waals surface area contributed by atoms with Gasteiger partial charge in [0.25, 0.3) is 0 Å². The van der Waals surface area contributed by atoms with Gasteiger partial charge in [-0.1, -0.05) is 35.9 Å². The molecule has 7 heteroatoms. The summed E-state index contributed by atoms with van der Waals surface area (Å²) in [5, 5.41) is 7.99. The first kappa shape index (κ1) is 21.7. The molecule has 2 aromatic heterocycles. The van der Waals surface area contributed by atoms with Crippen LogP contribution in [0.3, 0.4) is 0 Å². The van der Waals surface area contributed by atoms with E-state index >= 15 is 0 Å². The van der Waals surface area contributed by atoms with Crippen molar-refractivity contribution in [1.82, 2.24) is 20.3 Å². The van der Waals surface area contributed by atoms with E-state index in [4.69, 9.17) is 4.98 Å². The van der Waals surface area contributed by atoms with Crippen molar-refractivity contribution >= 4 is 49.9 Å². The maximum absolute atomic E-state index is 4.80. The van der Waals surface area contributed by atoms with E-state index in [1.165, 1.54) is 27.6 Å². The molecular weight excluding hydrogens is 476 g/mol. The topological polar surface area (TPSA) is 68.9 Å². The molecule has 0 saturated heterocycles. The molecule has 1 aliphatic rings. The quantitative estimate of drug-likeness (QED) is 0.311. The summed E-state index contributed by atoms with van der Waals surface area (Å²) in [7, 11) is 2.05. The fraction of sp³-hybridized carbons (Fsp3) is 0.231. The number of benzene rings is 2. The van der Waals surface area contributed by atoms with Gasteiger partial charge >= 0.3 is 0 Å². The van der Waals surface area contributed by atoms with Crippen molar-refractivity contribution < 1.29 is 0 Å². The Morgan fingerprint density at radius 3 is 2.91 bits per heavy atom. The lowest BCUT2D eigenvalue weighted by Crippen LogP contribution is -2.19. The summed E-state index contributed by atoms with van der Waals surface area (Å²) < 4.78 is 0.865. The van der Waals surface area contributed by atoms with Crippen LogP contribution in [0.1, 0.15) is 23.1 Å². The first-order chi connectivity index (χ1) is 16.1. The molecule has 33 heavy (non-hydrogen) atoms. The Bertz CT molecular complexity index is 1330. The molecule has 168 valence electrons. The minimum absolute atomic E-state index is 0.571. The lowest BCUT2D eigenvalue weighted by Gasteiger charge is -2.20. The maximum Gasteiger partial charge on any atom is 0.229 e. The largest absolute Gasteiger partial charge is 0.361 e. The van der Waals surface area contributed by atoms with Crippen molar-refractivity contribution in [3.05, 3.63) is 82.1 Å². The molecule has 0 fully saturated rings. The smallest absolute Gasteiger partial charge is 0.229 e. The van der Waals surface area contributed by atoms with Crippen LogP contribution in [-0.2, 0) is 6.54 Å². The molecule has 0 radical (unpaired) electrons. The highest BCUT2D eigenvalue weighted by Gasteiger charge is 2.14. The van der Waals surface area contributed by atoms with Gasteiger partial charge in [0.05, 0.1) is 4.47 Å². The average Bonchev–Trinajstić information content (AvgIpc) is 3.24. The first-order valence-electron chi connectivity index (χ1n) is 11.1. The van der Waals surface area contributed by atoms with Gasteiger partial charge in [-0.2, -0.15) is 4.98 Å². The average molecular weight is 503 g/mol. The zero-order chi connectivity index (χ0) is 22.8. The summed E-state index contributed by atoms with van der Waals surface area (Å²) in [6, 6.07) is 14.9. The van der Waals surface area contributed by atoms with Crippen LogP contribution in [0.25, 0.3) is 16.5 Å². The Labute approximate surface area is 202 Å². The number of nitrogens with one attached hydrogen (secondary N) is 3. The summed E-state index contributed by atoms with van der Waals surface area (Å²) in [5.74, 6) is 1.42. The van der Waals surface area contributed by atoms with E-state index in [2.05, 4.69) is 103 Å². The van der Waals surface area contributed by atoms with E-state index in [1.807, 2.05) is 7.05 Å². The Balaban J connectivity index is 1.39. The number of aromatic nitrogens is 3. The van der Waals surface area contributed by atoms with Gasteiger partial charge in [0.1, 0.15) is 5.82 Å². The fourth-order valence-electron chi connectivity index (χ4n) is 4.31. The van der Waals surface area contributed by atoms with Crippen LogP contribution < -0.4 is 15.5 Å². The van der Waals surface area contributed by atoms with Crippen molar-refractivity contribution in [2.75, 3.05) is 30.4 Å². The lowest BCUT2D eigenvalue weighted by molar-refractivity contribution is 0.739. The van der Waals surface area contributed by atoms with E-state index < -0.39 is 0 Å². The third kappa shape index (κ3) is 4.79. The molecule has 0 spiro atoms. The van der Waals surface area contributed by atoms with Gasteiger partial charge < -0.3 is 20.5 Å². The van der Waals surface area contributed by atoms with E-state index in [0.717, 1.165) is 47.5 Å². The summed E-state index contributed by atoms with van der Waals surface area (Å²) in [4.78, 5) is 14.8. The second-order valence-corrected chi connectivity index (χ2v) is 9.34. The second-order valence-electron chi connectivity index (χ2n) is 8.48. The van der Waals surface area contributed by atoms with Crippen LogP contribution in [-0.4, -0.2) is 35.1 Å². The van der Waals surface area contributed by atoms with Crippen LogP contribution in [0.5, 0.6) is 0 Å². The first-order valence-corrected chi connectivity index (χ1v) is 11.9. The molecule has 0 bridgehead atoms. The zero-order valence-electron chi connectivity index (χ0n) is 18.8. The van der Waals surface area contributed by atoms with E-state index in [-0.39, 0.29) is 0 Å². The van der Waals surface area contributed by atoms with Crippen molar-refractivity contribution in [2.45, 2.75) is 19.9 Å². The predicted molar refractivity (Wildman–Crippen MR) is 140 cm³/mol. The van der Waals surface area contributed by atoms with Crippen LogP contribution in [0.15, 0.2) is 65.4 Å². The number of anilines is 3. The minimum Gasteiger partial charge on any atom is -0.361 e. The van der Waals surface area contributed by atoms with Crippen molar-refractivity contribution in [3.63, 3.8) is 0 Å². The van der Waals surface area contributed by atoms with Gasteiger partial charge in [0.15, 0.2) is 0 Å². The van der Waals surface area contributed by atoms with Crippen molar-refractivity contribution in [3.8, 4) is 0 Å². The van der Waals surface area contributed by atoms with Crippen molar-refractivity contribution in [1.29, 1.82) is 0 Å². The summed E-state index contributed by atoms with van der Waals surface area (Å²) >= 11 is 3.62. The molecular formula is C26H27BrN6. The molecule has 3 N–H and O–H groups in total. The monoisotopic (exact) mass is 502 g/mol. The Morgan fingerprint density at radius 1 is 1.18 bits per heavy atom. The van der Waals surface area contributed by atoms with Crippen LogP contribution in [0.2, 0.25) is 0 Å². The standard InChI is InChI=1S/C26H27BrN6/c1-17-4-3-5-18(12-17)16-33(2)25-23(27)15-30-26(32-25)31-20-6-7-24-21(13-20)22(14-29-24)19-8-10-28-11-9-19/h3-8,12-15,28-29H,9-11,16H2,1-2H3,(H,30,31,32). The SMILES string of the molecule is Cc1cccc(CN(C)c2nc(Nc3ccc4[nH]cc(C5=CCNCC5)c4c3)ncc2Br)c1. The van der Waals surface area contributed by atoms with E-state index in [1.54, 1.807) is 6.20 Å². The molecule has 0 amide bonds. The third-order valence-corrected chi connectivity index (χ3v) is 6.50. The molecule has 0 atom stereocenters. The van der Waals surface area contributed by atoms with Gasteiger partial charge in [-0.15, -0.1) is 0 Å². The molecule has 1 aliphatic heterocycles. The molecule has 3 heterocycles. The summed E-state index contributed by atoms with van der Waals surface area (Å²) in [5.41, 5.74) is 7.25. The van der Waals surface area contributed by atoms with Crippen LogP contribution >= 0.6 is 15.9 Å². The van der Waals surface area contributed by atoms with Crippen molar-refractivity contribution in [2.24, 2.45) is 0 Å². The summed E-state index contributed by atoms with van der Waals surface area (Å²) in [6.07, 6.45) is 7.23. The molecule has 0 aliphatic carbocycles. The van der Waals surface area contributed by atoms with E-state index in [9.17, 15) is 0 Å². The summed E-state index contributed by atoms with van der Waals surface area (Å²) in [6.45, 7) is 4.81. The Morgan fingerprint density at radius 2 is 2.09 bits per heavy atom. The third-order valence-electron chi connectivity index (χ3n) is 5.94. The Hall–Kier alpha value is -3.16. The van der Waals surface area contributed by atoms with E-state index in [0.29, 0.717) is 5.95 Å². The Kier molecular flexibility index (Phi) is 6.15. The molecule has 6 nitrogen and oxygen atoms in total. The molecule has 5 rings (SSSR count). The second kappa shape index (κ2) is 9.37. The minimum atomic E-state index is 0.571. The number of hydrogen-bond acceptors (Lipinski definition) is 5. The molecule has 4 aromatic rings. The highest BCUT2D eigenvalue weighted by molar-refractivity contribution is 9.10. The maximum atomic E-state index is 4.80. The number of rotatable bonds is 6. The number of halogens is 1. The normalized spacial score (nSPS) is 13.7. The number of H-pyrrole nitrogens is 1. The number of nitrogens with zero attached hydrogens (tertiary/aromatic N) is 3. The highest BCUT2D eigenvalue weighted by atomic mass is 79.9. The lowest BCUT2D eigenvalue weighted by atomic mass is 9.99. The molecule has 0 saturated carbocycles. The fourth-order valence-corrected chi connectivity index (χ4v) is 4.80. The van der Waals surface area contributed by atoms with Gasteiger partial charge in [-0.25, -0.2) is 4.98 Å². The highest BCUT2D eigenvalue weighted by Crippen LogP contribution is 2.31. The number of fused-ring (bicyclic) bond motifs is 1. The van der Waals surface area contributed by atoms with Gasteiger partial charge in [-0.3, -0.25) is 0 Å². The zero-order valence-corrected chi connectivity index (χ0v) is 20.4.